The van der Waals surface area contributed by atoms with Crippen molar-refractivity contribution >= 4 is 5.91 Å². The van der Waals surface area contributed by atoms with E-state index in [9.17, 15) is 4.79 Å². The molecule has 0 fully saturated rings. The molecule has 0 aromatic heterocycles. The molecule has 0 spiro atoms. The van der Waals surface area contributed by atoms with E-state index in [-0.39, 0.29) is 11.3 Å². The molecule has 1 aliphatic carbocycles. The maximum absolute atomic E-state index is 11.8. The third-order valence-electron chi connectivity index (χ3n) is 2.13. The molecular weight excluding hydrogens is 162 g/mol. The lowest BCUT2D eigenvalue weighted by Crippen LogP contribution is -2.35. The zero-order chi connectivity index (χ0) is 10.1. The fourth-order valence-electron chi connectivity index (χ4n) is 1.32. The number of rotatable bonds is 1. The van der Waals surface area contributed by atoms with Gasteiger partial charge in [0.2, 0.25) is 5.91 Å². The average Bonchev–Trinajstić information content (AvgIpc) is 2.51. The van der Waals surface area contributed by atoms with E-state index in [1.807, 2.05) is 40.0 Å². The molecule has 1 aliphatic rings. The van der Waals surface area contributed by atoms with Crippen LogP contribution >= 0.6 is 0 Å². The van der Waals surface area contributed by atoms with Gasteiger partial charge in [-0.05, 0) is 6.08 Å². The highest BCUT2D eigenvalue weighted by molar-refractivity contribution is 5.83. The van der Waals surface area contributed by atoms with Gasteiger partial charge in [0.05, 0.1) is 0 Å². The maximum Gasteiger partial charge on any atom is 0.231 e. The Kier molecular flexibility index (Phi) is 2.60. The summed E-state index contributed by atoms with van der Waals surface area (Å²) in [6.45, 7) is 5.82. The minimum absolute atomic E-state index is 0.169. The summed E-state index contributed by atoms with van der Waals surface area (Å²) in [4.78, 5) is 13.6. The van der Waals surface area contributed by atoms with Crippen molar-refractivity contribution in [1.29, 1.82) is 0 Å². The summed E-state index contributed by atoms with van der Waals surface area (Å²) in [5.74, 6) is 0.169. The molecule has 0 atom stereocenters. The minimum atomic E-state index is -0.293. The molecule has 1 rings (SSSR count). The highest BCUT2D eigenvalue weighted by Crippen LogP contribution is 2.22. The van der Waals surface area contributed by atoms with E-state index in [4.69, 9.17) is 0 Å². The Morgan fingerprint density at radius 2 is 2.08 bits per heavy atom. The predicted octanol–water partition coefficient (Wildman–Crippen LogP) is 2.33. The van der Waals surface area contributed by atoms with Crippen LogP contribution in [0.25, 0.3) is 0 Å². The molecule has 0 saturated carbocycles. The molecule has 0 aromatic carbocycles. The number of amides is 1. The van der Waals surface area contributed by atoms with Crippen LogP contribution in [0.4, 0.5) is 0 Å². The Bertz CT molecular complexity index is 268. The number of carbonyl (C=O) groups excluding carboxylic acids is 1. The summed E-state index contributed by atoms with van der Waals surface area (Å²) in [5, 5.41) is 0. The minimum Gasteiger partial charge on any atom is -0.319 e. The lowest BCUT2D eigenvalue weighted by molar-refractivity contribution is -0.136. The molecule has 0 aliphatic heterocycles. The van der Waals surface area contributed by atoms with Crippen LogP contribution in [0.3, 0.4) is 0 Å². The molecule has 2 heteroatoms. The van der Waals surface area contributed by atoms with Crippen molar-refractivity contribution in [1.82, 2.24) is 4.90 Å². The second kappa shape index (κ2) is 3.36. The van der Waals surface area contributed by atoms with Crippen LogP contribution in [0.1, 0.15) is 27.2 Å². The molecule has 0 heterocycles. The Hall–Kier alpha value is -1.05. The number of carbonyl (C=O) groups is 1. The lowest BCUT2D eigenvalue weighted by atomic mass is 9.94. The Morgan fingerprint density at radius 1 is 1.46 bits per heavy atom. The van der Waals surface area contributed by atoms with Gasteiger partial charge in [-0.25, -0.2) is 0 Å². The summed E-state index contributed by atoms with van der Waals surface area (Å²) in [5.41, 5.74) is 0.790. The van der Waals surface area contributed by atoms with Crippen molar-refractivity contribution in [2.24, 2.45) is 5.41 Å². The first-order valence-corrected chi connectivity index (χ1v) is 4.57. The monoisotopic (exact) mass is 179 g/mol. The normalized spacial score (nSPS) is 15.8. The largest absolute Gasteiger partial charge is 0.319 e. The predicted molar refractivity (Wildman–Crippen MR) is 54.1 cm³/mol. The van der Waals surface area contributed by atoms with Crippen molar-refractivity contribution in [3.05, 3.63) is 23.9 Å². The number of allylic oxidation sites excluding steroid dienone is 3. The van der Waals surface area contributed by atoms with E-state index in [0.717, 1.165) is 12.1 Å². The molecule has 72 valence electrons. The molecule has 0 aromatic rings. The molecule has 0 unspecified atom stereocenters. The number of hydrogen-bond donors (Lipinski definition) is 0. The quantitative estimate of drug-likeness (QED) is 0.605. The molecule has 0 bridgehead atoms. The Labute approximate surface area is 79.9 Å². The summed E-state index contributed by atoms with van der Waals surface area (Å²) >= 11 is 0. The van der Waals surface area contributed by atoms with E-state index in [2.05, 4.69) is 6.08 Å². The highest BCUT2D eigenvalue weighted by Gasteiger charge is 2.26. The van der Waals surface area contributed by atoms with E-state index in [1.54, 1.807) is 4.90 Å². The number of nitrogens with zero attached hydrogens (tertiary/aromatic N) is 1. The van der Waals surface area contributed by atoms with Gasteiger partial charge in [0.1, 0.15) is 0 Å². The molecule has 0 saturated heterocycles. The van der Waals surface area contributed by atoms with Crippen molar-refractivity contribution in [3.63, 3.8) is 0 Å². The Balaban J connectivity index is 2.68. The van der Waals surface area contributed by atoms with Gasteiger partial charge >= 0.3 is 0 Å². The van der Waals surface area contributed by atoms with E-state index >= 15 is 0 Å². The van der Waals surface area contributed by atoms with Crippen LogP contribution in [0.2, 0.25) is 0 Å². The van der Waals surface area contributed by atoms with Crippen LogP contribution in [0.5, 0.6) is 0 Å². The third-order valence-corrected chi connectivity index (χ3v) is 2.13. The first-order chi connectivity index (χ1) is 5.93. The first-order valence-electron chi connectivity index (χ1n) is 4.57. The summed E-state index contributed by atoms with van der Waals surface area (Å²) in [6, 6.07) is 0. The van der Waals surface area contributed by atoms with Crippen LogP contribution in [-0.4, -0.2) is 17.9 Å². The van der Waals surface area contributed by atoms with Gasteiger partial charge in [0, 0.05) is 24.6 Å². The summed E-state index contributed by atoms with van der Waals surface area (Å²) in [7, 11) is 1.84. The molecule has 0 radical (unpaired) electrons. The van der Waals surface area contributed by atoms with E-state index in [1.165, 1.54) is 0 Å². The van der Waals surface area contributed by atoms with Gasteiger partial charge in [-0.2, -0.15) is 0 Å². The van der Waals surface area contributed by atoms with Crippen molar-refractivity contribution in [2.75, 3.05) is 7.05 Å². The van der Waals surface area contributed by atoms with Crippen LogP contribution < -0.4 is 0 Å². The van der Waals surface area contributed by atoms with Crippen LogP contribution in [0.15, 0.2) is 23.9 Å². The van der Waals surface area contributed by atoms with Crippen LogP contribution in [0, 0.1) is 5.41 Å². The molecule has 2 nitrogen and oxygen atoms in total. The van der Waals surface area contributed by atoms with E-state index in [0.29, 0.717) is 0 Å². The molecule has 0 N–H and O–H groups in total. The van der Waals surface area contributed by atoms with Gasteiger partial charge in [0.15, 0.2) is 0 Å². The first kappa shape index (κ1) is 10.0. The molecule has 1 amide bonds. The van der Waals surface area contributed by atoms with Gasteiger partial charge in [-0.15, -0.1) is 0 Å². The van der Waals surface area contributed by atoms with E-state index < -0.39 is 0 Å². The van der Waals surface area contributed by atoms with Crippen molar-refractivity contribution in [2.45, 2.75) is 27.2 Å². The van der Waals surface area contributed by atoms with Crippen molar-refractivity contribution in [3.8, 4) is 0 Å². The molecule has 13 heavy (non-hydrogen) atoms. The second-order valence-corrected chi connectivity index (χ2v) is 4.40. The summed E-state index contributed by atoms with van der Waals surface area (Å²) < 4.78 is 0. The third kappa shape index (κ3) is 2.20. The fourth-order valence-corrected chi connectivity index (χ4v) is 1.32. The number of hydrogen-bond acceptors (Lipinski definition) is 1. The van der Waals surface area contributed by atoms with Crippen LogP contribution in [-0.2, 0) is 4.79 Å². The van der Waals surface area contributed by atoms with Gasteiger partial charge in [0.25, 0.3) is 0 Å². The standard InChI is InChI=1S/C11H17NO/c1-11(2,3)10(13)12(4)9-7-5-6-8-9/h5-7H,8H2,1-4H3. The smallest absolute Gasteiger partial charge is 0.231 e. The maximum atomic E-state index is 11.8. The zero-order valence-corrected chi connectivity index (χ0v) is 8.79. The van der Waals surface area contributed by atoms with Gasteiger partial charge in [-0.1, -0.05) is 32.9 Å². The molecular formula is C11H17NO. The lowest BCUT2D eigenvalue weighted by Gasteiger charge is -2.26. The average molecular weight is 179 g/mol. The summed E-state index contributed by atoms with van der Waals surface area (Å²) in [6.07, 6.45) is 6.91. The van der Waals surface area contributed by atoms with Gasteiger partial charge in [-0.3, -0.25) is 4.79 Å². The Morgan fingerprint density at radius 3 is 2.46 bits per heavy atom. The SMILES string of the molecule is CN(C(=O)C(C)(C)C)C1=CC=CC1. The fraction of sp³-hybridized carbons (Fsp3) is 0.545. The topological polar surface area (TPSA) is 20.3 Å². The highest BCUT2D eigenvalue weighted by atomic mass is 16.2. The second-order valence-electron chi connectivity index (χ2n) is 4.40. The van der Waals surface area contributed by atoms with Crippen molar-refractivity contribution < 1.29 is 4.79 Å². The zero-order valence-electron chi connectivity index (χ0n) is 8.79. The van der Waals surface area contributed by atoms with Gasteiger partial charge < -0.3 is 4.90 Å².